The smallest absolute Gasteiger partial charge is 0.267 e. The topological polar surface area (TPSA) is 96.5 Å². The highest BCUT2D eigenvalue weighted by Gasteiger charge is 2.34. The van der Waals surface area contributed by atoms with Gasteiger partial charge in [-0.05, 0) is 49.2 Å². The Morgan fingerprint density at radius 1 is 0.771 bits per heavy atom. The highest BCUT2D eigenvalue weighted by molar-refractivity contribution is 7.89. The van der Waals surface area contributed by atoms with E-state index in [0.717, 1.165) is 19.3 Å². The largest absolute Gasteiger partial charge is 0.485 e. The molecule has 2 aromatic carbocycles. The van der Waals surface area contributed by atoms with Crippen molar-refractivity contribution < 1.29 is 27.5 Å². The molecule has 0 aliphatic carbocycles. The highest BCUT2D eigenvalue weighted by atomic mass is 32.2. The molecule has 2 amide bonds. The van der Waals surface area contributed by atoms with Crippen LogP contribution in [0.4, 0.5) is 0 Å². The van der Waals surface area contributed by atoms with E-state index in [-0.39, 0.29) is 23.3 Å². The number of sulfonamides is 1. The number of piperazine rings is 1. The average molecular weight is 500 g/mol. The molecule has 186 valence electrons. The van der Waals surface area contributed by atoms with E-state index in [9.17, 15) is 18.0 Å². The van der Waals surface area contributed by atoms with E-state index in [1.54, 1.807) is 34.1 Å². The average Bonchev–Trinajstić information content (AvgIpc) is 2.92. The molecule has 1 atom stereocenters. The molecule has 2 fully saturated rings. The van der Waals surface area contributed by atoms with Crippen LogP contribution in [0.1, 0.15) is 29.6 Å². The first-order valence-electron chi connectivity index (χ1n) is 12.0. The molecule has 5 rings (SSSR count). The molecule has 0 N–H and O–H groups in total. The minimum atomic E-state index is -3.53. The van der Waals surface area contributed by atoms with Gasteiger partial charge in [-0.2, -0.15) is 4.31 Å². The number of benzene rings is 2. The summed E-state index contributed by atoms with van der Waals surface area (Å²) in [6, 6.07) is 13.4. The maximum absolute atomic E-state index is 13.0. The molecular formula is C25H29N3O6S. The molecule has 10 heteroatoms. The molecule has 1 unspecified atom stereocenters. The summed E-state index contributed by atoms with van der Waals surface area (Å²) in [5, 5.41) is 0. The molecule has 0 aromatic heterocycles. The number of amides is 2. The zero-order valence-electron chi connectivity index (χ0n) is 19.5. The molecule has 2 saturated heterocycles. The number of ether oxygens (including phenoxy) is 2. The summed E-state index contributed by atoms with van der Waals surface area (Å²) in [4.78, 5) is 29.5. The van der Waals surface area contributed by atoms with Crippen molar-refractivity contribution in [3.63, 3.8) is 0 Å². The number of hydrogen-bond acceptors (Lipinski definition) is 6. The van der Waals surface area contributed by atoms with Crippen molar-refractivity contribution in [3.8, 4) is 11.5 Å². The second-order valence-electron chi connectivity index (χ2n) is 8.97. The van der Waals surface area contributed by atoms with E-state index >= 15 is 0 Å². The summed E-state index contributed by atoms with van der Waals surface area (Å²) in [5.41, 5.74) is 0.433. The number of rotatable bonds is 4. The Morgan fingerprint density at radius 3 is 2.09 bits per heavy atom. The van der Waals surface area contributed by atoms with Gasteiger partial charge in [0, 0.05) is 44.8 Å². The van der Waals surface area contributed by atoms with Gasteiger partial charge in [-0.3, -0.25) is 9.59 Å². The number of carbonyl (C=O) groups is 2. The quantitative estimate of drug-likeness (QED) is 0.638. The van der Waals surface area contributed by atoms with Crippen molar-refractivity contribution in [3.05, 3.63) is 54.1 Å². The Bertz CT molecular complexity index is 1190. The number of piperidine rings is 1. The molecule has 0 spiro atoms. The lowest BCUT2D eigenvalue weighted by atomic mass is 10.1. The van der Waals surface area contributed by atoms with E-state index in [2.05, 4.69) is 0 Å². The Labute approximate surface area is 205 Å². The van der Waals surface area contributed by atoms with Crippen LogP contribution in [0, 0.1) is 0 Å². The number of nitrogens with zero attached hydrogens (tertiary/aromatic N) is 3. The first kappa shape index (κ1) is 23.6. The summed E-state index contributed by atoms with van der Waals surface area (Å²) in [6.07, 6.45) is 2.09. The van der Waals surface area contributed by atoms with Crippen LogP contribution >= 0.6 is 0 Å². The number of carbonyl (C=O) groups excluding carboxylic acids is 2. The summed E-state index contributed by atoms with van der Waals surface area (Å²) in [7, 11) is -3.53. The highest BCUT2D eigenvalue weighted by Crippen LogP contribution is 2.31. The Morgan fingerprint density at radius 2 is 1.40 bits per heavy atom. The van der Waals surface area contributed by atoms with Gasteiger partial charge in [0.25, 0.3) is 11.8 Å². The fourth-order valence-corrected chi connectivity index (χ4v) is 6.20. The molecule has 3 heterocycles. The van der Waals surface area contributed by atoms with Crippen molar-refractivity contribution in [2.24, 2.45) is 0 Å². The van der Waals surface area contributed by atoms with Crippen LogP contribution in [0.5, 0.6) is 11.5 Å². The number of hydrogen-bond donors (Lipinski definition) is 0. The van der Waals surface area contributed by atoms with Gasteiger partial charge in [0.1, 0.15) is 6.61 Å². The molecule has 0 saturated carbocycles. The van der Waals surface area contributed by atoms with Gasteiger partial charge >= 0.3 is 0 Å². The minimum Gasteiger partial charge on any atom is -0.485 e. The first-order valence-corrected chi connectivity index (χ1v) is 13.4. The van der Waals surface area contributed by atoms with Gasteiger partial charge in [0.15, 0.2) is 11.5 Å². The van der Waals surface area contributed by atoms with Gasteiger partial charge < -0.3 is 19.3 Å². The third-order valence-corrected chi connectivity index (χ3v) is 8.63. The van der Waals surface area contributed by atoms with E-state index in [4.69, 9.17) is 9.47 Å². The maximum Gasteiger partial charge on any atom is 0.267 e. The third-order valence-electron chi connectivity index (χ3n) is 6.72. The number of para-hydroxylation sites is 2. The van der Waals surface area contributed by atoms with Crippen LogP contribution in [-0.4, -0.2) is 86.3 Å². The second-order valence-corrected chi connectivity index (χ2v) is 10.9. The molecule has 0 bridgehead atoms. The van der Waals surface area contributed by atoms with Gasteiger partial charge in [0.2, 0.25) is 16.1 Å². The van der Waals surface area contributed by atoms with Crippen molar-refractivity contribution in [1.82, 2.24) is 14.1 Å². The molecule has 2 aromatic rings. The molecule has 3 aliphatic heterocycles. The van der Waals surface area contributed by atoms with Crippen molar-refractivity contribution in [2.45, 2.75) is 30.3 Å². The molecule has 0 radical (unpaired) electrons. The van der Waals surface area contributed by atoms with Crippen molar-refractivity contribution in [1.29, 1.82) is 0 Å². The van der Waals surface area contributed by atoms with E-state index < -0.39 is 16.1 Å². The monoisotopic (exact) mass is 499 g/mol. The zero-order chi connectivity index (χ0) is 24.4. The van der Waals surface area contributed by atoms with E-state index in [0.29, 0.717) is 56.3 Å². The third kappa shape index (κ3) is 4.85. The van der Waals surface area contributed by atoms with Gasteiger partial charge in [0.05, 0.1) is 4.90 Å². The van der Waals surface area contributed by atoms with Crippen LogP contribution in [0.2, 0.25) is 0 Å². The maximum atomic E-state index is 13.0. The van der Waals surface area contributed by atoms with Gasteiger partial charge in [-0.25, -0.2) is 8.42 Å². The lowest BCUT2D eigenvalue weighted by Gasteiger charge is -2.37. The Balaban J connectivity index is 1.17. The van der Waals surface area contributed by atoms with Crippen LogP contribution in [-0.2, 0) is 14.8 Å². The fraction of sp³-hybridized carbons (Fsp3) is 0.440. The Hall–Kier alpha value is -3.11. The molecular weight excluding hydrogens is 470 g/mol. The van der Waals surface area contributed by atoms with Gasteiger partial charge in [-0.1, -0.05) is 18.6 Å². The summed E-state index contributed by atoms with van der Waals surface area (Å²) in [5.74, 6) is 0.849. The molecule has 9 nitrogen and oxygen atoms in total. The first-order chi connectivity index (χ1) is 16.9. The molecule has 3 aliphatic rings. The Kier molecular flexibility index (Phi) is 6.66. The molecule has 35 heavy (non-hydrogen) atoms. The lowest BCUT2D eigenvalue weighted by Crippen LogP contribution is -2.55. The minimum absolute atomic E-state index is 0.154. The van der Waals surface area contributed by atoms with Crippen LogP contribution in [0.25, 0.3) is 0 Å². The fourth-order valence-electron chi connectivity index (χ4n) is 4.68. The zero-order valence-corrected chi connectivity index (χ0v) is 20.3. The van der Waals surface area contributed by atoms with Crippen LogP contribution in [0.3, 0.4) is 0 Å². The van der Waals surface area contributed by atoms with Crippen molar-refractivity contribution in [2.75, 3.05) is 45.9 Å². The SMILES string of the molecule is O=C(c1ccc(S(=O)(=O)N2CCCCC2)cc1)N1CCN(C(=O)C2COc3ccccc3O2)CC1. The lowest BCUT2D eigenvalue weighted by molar-refractivity contribution is -0.142. The van der Waals surface area contributed by atoms with Crippen molar-refractivity contribution >= 4 is 21.8 Å². The van der Waals surface area contributed by atoms with Crippen LogP contribution < -0.4 is 9.47 Å². The van der Waals surface area contributed by atoms with E-state index in [1.165, 1.54) is 16.4 Å². The van der Waals surface area contributed by atoms with Gasteiger partial charge in [-0.15, -0.1) is 0 Å². The standard InChI is InChI=1S/C25H29N3O6S/c29-24(19-8-10-20(11-9-19)35(31,32)28-12-4-1-5-13-28)26-14-16-27(17-15-26)25(30)23-18-33-21-6-2-3-7-22(21)34-23/h2-3,6-11,23H,1,4-5,12-18H2. The predicted molar refractivity (Wildman–Crippen MR) is 128 cm³/mol. The number of fused-ring (bicyclic) bond motifs is 1. The second kappa shape index (κ2) is 9.87. The van der Waals surface area contributed by atoms with E-state index in [1.807, 2.05) is 12.1 Å². The summed E-state index contributed by atoms with van der Waals surface area (Å²) < 4.78 is 38.7. The normalized spacial score (nSPS) is 21.0. The summed E-state index contributed by atoms with van der Waals surface area (Å²) >= 11 is 0. The predicted octanol–water partition coefficient (Wildman–Crippen LogP) is 1.99. The summed E-state index contributed by atoms with van der Waals surface area (Å²) in [6.45, 7) is 2.81. The van der Waals surface area contributed by atoms with Crippen LogP contribution in [0.15, 0.2) is 53.4 Å².